The molecule has 1 heterocycles. The van der Waals surface area contributed by atoms with Gasteiger partial charge >= 0.3 is 0 Å². The van der Waals surface area contributed by atoms with Crippen LogP contribution in [0.2, 0.25) is 0 Å². The summed E-state index contributed by atoms with van der Waals surface area (Å²) in [5.74, 6) is 9.41. The smallest absolute Gasteiger partial charge is 0.0993 e. The number of unbranched alkanes of at least 4 members (excludes halogenated alkanes) is 5. The summed E-state index contributed by atoms with van der Waals surface area (Å²) in [6, 6.07) is 12.0. The summed E-state index contributed by atoms with van der Waals surface area (Å²) >= 11 is 0. The fourth-order valence-electron chi connectivity index (χ4n) is 3.76. The second-order valence-corrected chi connectivity index (χ2v) is 7.09. The van der Waals surface area contributed by atoms with Crippen LogP contribution in [0.1, 0.15) is 69.4 Å². The van der Waals surface area contributed by atoms with Crippen molar-refractivity contribution in [3.8, 4) is 30.3 Å². The quantitative estimate of drug-likeness (QED) is 0.549. The van der Waals surface area contributed by atoms with Gasteiger partial charge in [0.05, 0.1) is 30.8 Å². The van der Waals surface area contributed by atoms with Crippen LogP contribution in [0.3, 0.4) is 0 Å². The van der Waals surface area contributed by atoms with Crippen LogP contribution in [-0.4, -0.2) is 28.7 Å². The lowest BCUT2D eigenvalue weighted by atomic mass is 9.92. The van der Waals surface area contributed by atoms with Crippen LogP contribution >= 0.6 is 0 Å². The number of piperidine rings is 1. The van der Waals surface area contributed by atoms with E-state index >= 15 is 0 Å². The third-order valence-electron chi connectivity index (χ3n) is 5.18. The van der Waals surface area contributed by atoms with Gasteiger partial charge in [0.1, 0.15) is 0 Å². The molecule has 0 unspecified atom stereocenters. The monoisotopic (exact) mass is 362 g/mol. The number of benzene rings is 1. The highest BCUT2D eigenvalue weighted by Gasteiger charge is 2.35. The number of aliphatic hydroxyl groups is 1. The second-order valence-electron chi connectivity index (χ2n) is 7.09. The minimum atomic E-state index is -0.195. The van der Waals surface area contributed by atoms with Crippen LogP contribution < -0.4 is 0 Å². The molecule has 3 atom stereocenters. The Bertz CT molecular complexity index is 689. The van der Waals surface area contributed by atoms with Crippen molar-refractivity contribution in [3.63, 3.8) is 0 Å². The average molecular weight is 363 g/mol. The molecular weight excluding hydrogens is 332 g/mol. The molecular formula is C24H30N2O. The number of nitrogens with zero attached hydrogens (tertiary/aromatic N) is 2. The molecule has 0 bridgehead atoms. The van der Waals surface area contributed by atoms with E-state index in [2.05, 4.69) is 28.7 Å². The summed E-state index contributed by atoms with van der Waals surface area (Å²) < 4.78 is 0. The van der Waals surface area contributed by atoms with Crippen LogP contribution in [0.25, 0.3) is 0 Å². The lowest BCUT2D eigenvalue weighted by Crippen LogP contribution is -2.48. The molecule has 1 aromatic rings. The van der Waals surface area contributed by atoms with Crippen molar-refractivity contribution in [1.82, 2.24) is 4.90 Å². The van der Waals surface area contributed by atoms with Crippen molar-refractivity contribution in [1.29, 1.82) is 5.26 Å². The summed E-state index contributed by atoms with van der Waals surface area (Å²) in [5, 5.41) is 19.7. The maximum Gasteiger partial charge on any atom is 0.0993 e. The molecule has 142 valence electrons. The van der Waals surface area contributed by atoms with Gasteiger partial charge in [0.2, 0.25) is 0 Å². The fourth-order valence-corrected chi connectivity index (χ4v) is 3.76. The van der Waals surface area contributed by atoms with Gasteiger partial charge in [0, 0.05) is 12.8 Å². The first-order valence-corrected chi connectivity index (χ1v) is 10.1. The zero-order chi connectivity index (χ0) is 19.3. The normalized spacial score (nSPS) is 20.7. The molecule has 0 amide bonds. The number of hydrogen-bond donors (Lipinski definition) is 1. The molecule has 1 aliphatic rings. The Morgan fingerprint density at radius 2 is 1.78 bits per heavy atom. The van der Waals surface area contributed by atoms with E-state index in [0.717, 1.165) is 56.9 Å². The molecule has 1 fully saturated rings. The Hall–Kier alpha value is -2.25. The van der Waals surface area contributed by atoms with E-state index in [4.69, 9.17) is 6.42 Å². The molecule has 0 saturated carbocycles. The molecule has 0 spiro atoms. The first-order chi connectivity index (χ1) is 13.3. The molecule has 1 saturated heterocycles. The first-order valence-electron chi connectivity index (χ1n) is 10.1. The van der Waals surface area contributed by atoms with E-state index in [0.29, 0.717) is 0 Å². The van der Waals surface area contributed by atoms with E-state index in [9.17, 15) is 10.4 Å². The van der Waals surface area contributed by atoms with E-state index < -0.39 is 0 Å². The van der Waals surface area contributed by atoms with Gasteiger partial charge in [-0.15, -0.1) is 18.3 Å². The Balaban J connectivity index is 2.02. The van der Waals surface area contributed by atoms with Gasteiger partial charge in [-0.3, -0.25) is 4.90 Å². The number of aliphatic hydroxyl groups excluding tert-OH is 1. The molecule has 1 aromatic carbocycles. The molecule has 27 heavy (non-hydrogen) atoms. The van der Waals surface area contributed by atoms with Gasteiger partial charge in [-0.05, 0) is 37.7 Å². The SMILES string of the molecule is C#CCCCCCCC#C[C@H]1CCC[C@@H](C#N)N1[C@@H](CO)c1ccccc1. The van der Waals surface area contributed by atoms with Crippen molar-refractivity contribution in [3.05, 3.63) is 35.9 Å². The molecule has 3 heteroatoms. The number of terminal acetylenes is 1. The number of likely N-dealkylation sites (tertiary alicyclic amines) is 1. The van der Waals surface area contributed by atoms with Gasteiger partial charge in [-0.2, -0.15) is 5.26 Å². The predicted octanol–water partition coefficient (Wildman–Crippen LogP) is 4.44. The van der Waals surface area contributed by atoms with Gasteiger partial charge in [0.25, 0.3) is 0 Å². The Morgan fingerprint density at radius 1 is 1.07 bits per heavy atom. The summed E-state index contributed by atoms with van der Waals surface area (Å²) in [6.45, 7) is -0.00441. The molecule has 0 aromatic heterocycles. The fraction of sp³-hybridized carbons (Fsp3) is 0.542. The summed E-state index contributed by atoms with van der Waals surface area (Å²) in [5.41, 5.74) is 1.04. The predicted molar refractivity (Wildman–Crippen MR) is 109 cm³/mol. The summed E-state index contributed by atoms with van der Waals surface area (Å²) in [7, 11) is 0. The van der Waals surface area contributed by atoms with Gasteiger partial charge in [-0.25, -0.2) is 0 Å². The highest BCUT2D eigenvalue weighted by molar-refractivity contribution is 5.23. The number of nitriles is 1. The second kappa shape index (κ2) is 12.2. The summed E-state index contributed by atoms with van der Waals surface area (Å²) in [4.78, 5) is 2.14. The van der Waals surface area contributed by atoms with Crippen LogP contribution in [0.4, 0.5) is 0 Å². The zero-order valence-electron chi connectivity index (χ0n) is 16.1. The molecule has 3 nitrogen and oxygen atoms in total. The van der Waals surface area contributed by atoms with Crippen LogP contribution in [0, 0.1) is 35.5 Å². The molecule has 1 aliphatic heterocycles. The van der Waals surface area contributed by atoms with Crippen LogP contribution in [0.5, 0.6) is 0 Å². The Morgan fingerprint density at radius 3 is 2.44 bits per heavy atom. The lowest BCUT2D eigenvalue weighted by Gasteiger charge is -2.41. The third-order valence-corrected chi connectivity index (χ3v) is 5.18. The van der Waals surface area contributed by atoms with E-state index in [1.807, 2.05) is 30.3 Å². The first kappa shape index (κ1) is 21.1. The van der Waals surface area contributed by atoms with Crippen LogP contribution in [0.15, 0.2) is 30.3 Å². The average Bonchev–Trinajstić information content (AvgIpc) is 2.72. The van der Waals surface area contributed by atoms with Crippen molar-refractivity contribution in [2.75, 3.05) is 6.61 Å². The highest BCUT2D eigenvalue weighted by Crippen LogP contribution is 2.32. The van der Waals surface area contributed by atoms with Gasteiger partial charge in [-0.1, -0.05) is 49.1 Å². The minimum absolute atomic E-state index is 0.00441. The maximum atomic E-state index is 10.1. The number of rotatable bonds is 8. The van der Waals surface area contributed by atoms with Crippen molar-refractivity contribution in [2.45, 2.75) is 75.9 Å². The van der Waals surface area contributed by atoms with E-state index in [-0.39, 0.29) is 24.7 Å². The Labute approximate surface area is 164 Å². The standard InChI is InChI=1S/C24H30N2O/c1-2-3-4-5-6-7-8-12-16-22-17-13-18-23(19-25)26(22)24(20-27)21-14-10-9-11-15-21/h1,9-11,14-15,22-24,27H,3-8,13,17-18,20H2/t22-,23-,24-/m0/s1. The Kier molecular flexibility index (Phi) is 9.51. The summed E-state index contributed by atoms with van der Waals surface area (Å²) in [6.07, 6.45) is 14.3. The maximum absolute atomic E-state index is 10.1. The largest absolute Gasteiger partial charge is 0.394 e. The highest BCUT2D eigenvalue weighted by atomic mass is 16.3. The molecule has 0 aliphatic carbocycles. The minimum Gasteiger partial charge on any atom is -0.394 e. The topological polar surface area (TPSA) is 47.3 Å². The third kappa shape index (κ3) is 6.45. The van der Waals surface area contributed by atoms with Crippen molar-refractivity contribution >= 4 is 0 Å². The zero-order valence-corrected chi connectivity index (χ0v) is 16.1. The van der Waals surface area contributed by atoms with Crippen molar-refractivity contribution in [2.24, 2.45) is 0 Å². The van der Waals surface area contributed by atoms with Gasteiger partial charge in [0.15, 0.2) is 0 Å². The van der Waals surface area contributed by atoms with E-state index in [1.165, 1.54) is 6.42 Å². The lowest BCUT2D eigenvalue weighted by molar-refractivity contribution is 0.0535. The number of hydrogen-bond acceptors (Lipinski definition) is 3. The molecule has 2 rings (SSSR count). The van der Waals surface area contributed by atoms with E-state index in [1.54, 1.807) is 0 Å². The van der Waals surface area contributed by atoms with Crippen molar-refractivity contribution < 1.29 is 5.11 Å². The molecule has 1 N–H and O–H groups in total. The molecule has 0 radical (unpaired) electrons. The van der Waals surface area contributed by atoms with Gasteiger partial charge < -0.3 is 5.11 Å². The van der Waals surface area contributed by atoms with Crippen LogP contribution in [-0.2, 0) is 0 Å².